The summed E-state index contributed by atoms with van der Waals surface area (Å²) in [5.41, 5.74) is 5.28. The second-order valence-corrected chi connectivity index (χ2v) is 5.31. The van der Waals surface area contributed by atoms with Gasteiger partial charge in [-0.2, -0.15) is 13.2 Å². The number of rotatable bonds is 4. The molecule has 1 heterocycles. The van der Waals surface area contributed by atoms with Gasteiger partial charge in [0, 0.05) is 38.3 Å². The van der Waals surface area contributed by atoms with Gasteiger partial charge in [-0.1, -0.05) is 6.07 Å². The molecule has 0 atom stereocenters. The van der Waals surface area contributed by atoms with Crippen LogP contribution in [0.2, 0.25) is 0 Å². The van der Waals surface area contributed by atoms with Crippen LogP contribution in [-0.2, 0) is 11.0 Å². The summed E-state index contributed by atoms with van der Waals surface area (Å²) in [6.07, 6.45) is -3.25. The molecule has 4 nitrogen and oxygen atoms in total. The van der Waals surface area contributed by atoms with Crippen molar-refractivity contribution in [3.8, 4) is 0 Å². The van der Waals surface area contributed by atoms with Crippen LogP contribution in [0.1, 0.15) is 18.4 Å². The number of carbonyl (C=O) groups is 1. The summed E-state index contributed by atoms with van der Waals surface area (Å²) >= 11 is 0. The van der Waals surface area contributed by atoms with Crippen LogP contribution in [0.5, 0.6) is 0 Å². The molecule has 9 heteroatoms. The van der Waals surface area contributed by atoms with E-state index in [4.69, 9.17) is 5.73 Å². The normalized spacial score (nSPS) is 14.7. The fraction of sp³-hybridized carbons (Fsp3) is 0.533. The Morgan fingerprint density at radius 3 is 2.29 bits per heavy atom. The van der Waals surface area contributed by atoms with E-state index >= 15 is 0 Å². The Morgan fingerprint density at radius 2 is 1.75 bits per heavy atom. The van der Waals surface area contributed by atoms with Crippen molar-refractivity contribution in [1.29, 1.82) is 0 Å². The van der Waals surface area contributed by atoms with Gasteiger partial charge in [-0.05, 0) is 31.2 Å². The highest BCUT2D eigenvalue weighted by Gasteiger charge is 2.31. The SMILES string of the molecule is Cl.Cl.NCCCC(=O)N1CCN(c2cccc(C(F)(F)F)c2)CC1. The number of carbonyl (C=O) groups excluding carboxylic acids is 1. The van der Waals surface area contributed by atoms with E-state index in [1.807, 2.05) is 4.90 Å². The second-order valence-electron chi connectivity index (χ2n) is 5.31. The van der Waals surface area contributed by atoms with Crippen molar-refractivity contribution < 1.29 is 18.0 Å². The Bertz CT molecular complexity index is 521. The molecule has 0 saturated carbocycles. The molecule has 0 radical (unpaired) electrons. The molecule has 1 saturated heterocycles. The summed E-state index contributed by atoms with van der Waals surface area (Å²) in [5.74, 6) is 0.0640. The lowest BCUT2D eigenvalue weighted by atomic mass is 10.1. The third kappa shape index (κ3) is 6.03. The Balaban J connectivity index is 0.00000264. The van der Waals surface area contributed by atoms with Crippen molar-refractivity contribution in [2.24, 2.45) is 5.73 Å². The number of halogens is 5. The Morgan fingerprint density at radius 1 is 1.12 bits per heavy atom. The number of amides is 1. The third-order valence-corrected chi connectivity index (χ3v) is 3.77. The standard InChI is InChI=1S/C15H20F3N3O.2ClH/c16-15(17,18)12-3-1-4-13(11-12)20-7-9-21(10-8-20)14(22)5-2-6-19;;/h1,3-4,11H,2,5-10,19H2;2*1H. The molecule has 1 aromatic carbocycles. The summed E-state index contributed by atoms with van der Waals surface area (Å²) in [4.78, 5) is 15.5. The highest BCUT2D eigenvalue weighted by molar-refractivity contribution is 5.85. The molecule has 24 heavy (non-hydrogen) atoms. The van der Waals surface area contributed by atoms with E-state index in [9.17, 15) is 18.0 Å². The van der Waals surface area contributed by atoms with Crippen LogP contribution >= 0.6 is 24.8 Å². The molecule has 1 aliphatic rings. The van der Waals surface area contributed by atoms with E-state index in [2.05, 4.69) is 0 Å². The lowest BCUT2D eigenvalue weighted by Gasteiger charge is -2.36. The zero-order valence-electron chi connectivity index (χ0n) is 13.1. The minimum atomic E-state index is -4.34. The number of nitrogens with zero attached hydrogens (tertiary/aromatic N) is 2. The molecule has 2 rings (SSSR count). The smallest absolute Gasteiger partial charge is 0.368 e. The van der Waals surface area contributed by atoms with Crippen LogP contribution in [0.25, 0.3) is 0 Å². The van der Waals surface area contributed by atoms with Crippen molar-refractivity contribution >= 4 is 36.4 Å². The first-order valence-electron chi connectivity index (χ1n) is 7.32. The largest absolute Gasteiger partial charge is 0.416 e. The Kier molecular flexibility index (Phi) is 9.47. The lowest BCUT2D eigenvalue weighted by molar-refractivity contribution is -0.137. The maximum absolute atomic E-state index is 12.7. The van der Waals surface area contributed by atoms with Crippen LogP contribution in [0.4, 0.5) is 18.9 Å². The van der Waals surface area contributed by atoms with Crippen molar-refractivity contribution in [2.45, 2.75) is 19.0 Å². The van der Waals surface area contributed by atoms with Gasteiger partial charge in [-0.3, -0.25) is 4.79 Å². The summed E-state index contributed by atoms with van der Waals surface area (Å²) in [6.45, 7) is 2.61. The number of benzene rings is 1. The molecular weight excluding hydrogens is 366 g/mol. The summed E-state index contributed by atoms with van der Waals surface area (Å²) < 4.78 is 38.2. The molecule has 0 aromatic heterocycles. The maximum Gasteiger partial charge on any atom is 0.416 e. The quantitative estimate of drug-likeness (QED) is 0.863. The van der Waals surface area contributed by atoms with Gasteiger partial charge < -0.3 is 15.5 Å². The van der Waals surface area contributed by atoms with Gasteiger partial charge in [0.25, 0.3) is 0 Å². The average Bonchev–Trinajstić information content (AvgIpc) is 2.52. The van der Waals surface area contributed by atoms with E-state index in [-0.39, 0.29) is 30.7 Å². The molecule has 138 valence electrons. The number of nitrogens with two attached hydrogens (primary N) is 1. The minimum absolute atomic E-state index is 0. The molecule has 1 amide bonds. The minimum Gasteiger partial charge on any atom is -0.368 e. The van der Waals surface area contributed by atoms with Crippen LogP contribution in [-0.4, -0.2) is 43.5 Å². The molecule has 0 unspecified atom stereocenters. The van der Waals surface area contributed by atoms with Crippen LogP contribution in [0, 0.1) is 0 Å². The van der Waals surface area contributed by atoms with Gasteiger partial charge in [-0.25, -0.2) is 0 Å². The van der Waals surface area contributed by atoms with Crippen LogP contribution in [0.3, 0.4) is 0 Å². The molecule has 1 fully saturated rings. The molecule has 1 aliphatic heterocycles. The fourth-order valence-corrected chi connectivity index (χ4v) is 2.50. The zero-order valence-corrected chi connectivity index (χ0v) is 14.7. The number of hydrogen-bond donors (Lipinski definition) is 1. The number of piperazine rings is 1. The molecule has 0 bridgehead atoms. The Labute approximate surface area is 152 Å². The van der Waals surface area contributed by atoms with Gasteiger partial charge in [0.05, 0.1) is 5.56 Å². The first-order valence-corrected chi connectivity index (χ1v) is 7.32. The van der Waals surface area contributed by atoms with E-state index in [1.165, 1.54) is 6.07 Å². The van der Waals surface area contributed by atoms with Gasteiger partial charge in [-0.15, -0.1) is 24.8 Å². The van der Waals surface area contributed by atoms with E-state index in [0.717, 1.165) is 12.1 Å². The van der Waals surface area contributed by atoms with Gasteiger partial charge in [0.2, 0.25) is 5.91 Å². The average molecular weight is 388 g/mol. The molecular formula is C15H22Cl2F3N3O. The van der Waals surface area contributed by atoms with Crippen molar-refractivity contribution in [1.82, 2.24) is 4.90 Å². The molecule has 0 aliphatic carbocycles. The number of alkyl halides is 3. The summed E-state index contributed by atoms with van der Waals surface area (Å²) in [6, 6.07) is 5.31. The van der Waals surface area contributed by atoms with Crippen LogP contribution in [0.15, 0.2) is 24.3 Å². The van der Waals surface area contributed by atoms with Crippen molar-refractivity contribution in [3.63, 3.8) is 0 Å². The monoisotopic (exact) mass is 387 g/mol. The third-order valence-electron chi connectivity index (χ3n) is 3.77. The first-order chi connectivity index (χ1) is 10.4. The van der Waals surface area contributed by atoms with Crippen molar-refractivity contribution in [3.05, 3.63) is 29.8 Å². The summed E-state index contributed by atoms with van der Waals surface area (Å²) in [7, 11) is 0. The number of anilines is 1. The predicted molar refractivity (Wildman–Crippen MR) is 93.0 cm³/mol. The topological polar surface area (TPSA) is 49.6 Å². The van der Waals surface area contributed by atoms with Gasteiger partial charge >= 0.3 is 6.18 Å². The second kappa shape index (κ2) is 9.96. The fourth-order valence-electron chi connectivity index (χ4n) is 2.50. The van der Waals surface area contributed by atoms with Crippen LogP contribution < -0.4 is 10.6 Å². The van der Waals surface area contributed by atoms with E-state index in [1.54, 1.807) is 11.0 Å². The summed E-state index contributed by atoms with van der Waals surface area (Å²) in [5, 5.41) is 0. The molecule has 0 spiro atoms. The van der Waals surface area contributed by atoms with E-state index in [0.29, 0.717) is 51.3 Å². The molecule has 1 aromatic rings. The van der Waals surface area contributed by atoms with Gasteiger partial charge in [0.15, 0.2) is 0 Å². The highest BCUT2D eigenvalue weighted by Crippen LogP contribution is 2.31. The van der Waals surface area contributed by atoms with Crippen molar-refractivity contribution in [2.75, 3.05) is 37.6 Å². The zero-order chi connectivity index (χ0) is 16.2. The predicted octanol–water partition coefficient (Wildman–Crippen LogP) is 2.94. The molecule has 2 N–H and O–H groups in total. The first kappa shape index (κ1) is 22.8. The Hall–Kier alpha value is -1.18. The van der Waals surface area contributed by atoms with E-state index < -0.39 is 11.7 Å². The number of hydrogen-bond acceptors (Lipinski definition) is 3. The highest BCUT2D eigenvalue weighted by atomic mass is 35.5. The lowest BCUT2D eigenvalue weighted by Crippen LogP contribution is -2.48. The maximum atomic E-state index is 12.7. The van der Waals surface area contributed by atoms with Gasteiger partial charge in [0.1, 0.15) is 0 Å².